The van der Waals surface area contributed by atoms with Crippen molar-refractivity contribution in [3.63, 3.8) is 0 Å². The largest absolute Gasteiger partial charge is 3.00 e. The topological polar surface area (TPSA) is 0 Å². The first-order valence-corrected chi connectivity index (χ1v) is 15.9. The minimum absolute atomic E-state index is 0. The summed E-state index contributed by atoms with van der Waals surface area (Å²) in [6.45, 7) is 16.3. The number of hydrogen-bond acceptors (Lipinski definition) is 0. The molecule has 0 nitrogen and oxygen atoms in total. The van der Waals surface area contributed by atoms with Crippen LogP contribution < -0.4 is 35.3 Å². The zero-order valence-corrected chi connectivity index (χ0v) is 32.3. The van der Waals surface area contributed by atoms with E-state index in [1.807, 2.05) is 0 Å². The van der Waals surface area contributed by atoms with Crippen LogP contribution in [0.5, 0.6) is 0 Å². The fourth-order valence-electron chi connectivity index (χ4n) is 7.35. The van der Waals surface area contributed by atoms with Gasteiger partial charge in [-0.2, -0.15) is 0 Å². The number of aryl methyl sites for hydroxylation is 1. The van der Waals surface area contributed by atoms with Crippen LogP contribution in [0.15, 0.2) is 109 Å². The summed E-state index contributed by atoms with van der Waals surface area (Å²) in [5.74, 6) is 0.158. The van der Waals surface area contributed by atoms with Gasteiger partial charge in [0.05, 0.1) is 0 Å². The Kier molecular flexibility index (Phi) is 10.9. The summed E-state index contributed by atoms with van der Waals surface area (Å²) in [4.78, 5) is 0. The van der Waals surface area contributed by atoms with E-state index in [1.54, 1.807) is 0 Å². The van der Waals surface area contributed by atoms with Gasteiger partial charge in [0.2, 0.25) is 0 Å². The molecule has 0 fully saturated rings. The number of hydrogen-bond donors (Lipinski definition) is 0. The van der Waals surface area contributed by atoms with Gasteiger partial charge in [-0.1, -0.05) is 167 Å². The SMILES string of the molecule is Cc1cccc2c1C(c1c(C(C)(C)C)c(=C(c3ccccc3)c3ccccc3)cc3c1=[C-]c1cc(C(C)(C)C)ccc1-3)C=C2.[Cl-].[Cl-].[Zr+3]. The van der Waals surface area contributed by atoms with Gasteiger partial charge < -0.3 is 24.8 Å². The molecule has 5 aromatic carbocycles. The maximum Gasteiger partial charge on any atom is 3.00 e. The molecule has 0 spiro atoms. The number of rotatable bonds is 3. The third-order valence-electron chi connectivity index (χ3n) is 9.39. The molecule has 0 N–H and O–H groups in total. The molecule has 235 valence electrons. The Morgan fingerprint density at radius 3 is 1.83 bits per heavy atom. The van der Waals surface area contributed by atoms with Crippen LogP contribution >= 0.6 is 0 Å². The van der Waals surface area contributed by atoms with Gasteiger partial charge in [-0.25, -0.2) is 0 Å². The first-order chi connectivity index (χ1) is 21.0. The van der Waals surface area contributed by atoms with Crippen molar-refractivity contribution < 1.29 is 51.0 Å². The van der Waals surface area contributed by atoms with Gasteiger partial charge in [-0.15, -0.1) is 34.1 Å². The summed E-state index contributed by atoms with van der Waals surface area (Å²) < 4.78 is 0. The van der Waals surface area contributed by atoms with Crippen LogP contribution in [-0.2, 0) is 37.0 Å². The summed E-state index contributed by atoms with van der Waals surface area (Å²) >= 11 is 0. The number of allylic oxidation sites excluding steroid dienone is 1. The van der Waals surface area contributed by atoms with Gasteiger partial charge in [0.1, 0.15) is 0 Å². The second-order valence-electron chi connectivity index (χ2n) is 14.5. The molecule has 0 heterocycles. The Morgan fingerprint density at radius 2 is 1.26 bits per heavy atom. The predicted octanol–water partition coefficient (Wildman–Crippen LogP) is 3.69. The maximum absolute atomic E-state index is 4.00. The fourth-order valence-corrected chi connectivity index (χ4v) is 7.35. The van der Waals surface area contributed by atoms with Crippen LogP contribution in [0, 0.1) is 6.92 Å². The molecular formula is C44H41Cl2Zr. The summed E-state index contributed by atoms with van der Waals surface area (Å²) in [5, 5.41) is 2.57. The average molecular weight is 732 g/mol. The Bertz CT molecular complexity index is 2030. The average Bonchev–Trinajstić information content (AvgIpc) is 3.59. The fraction of sp³-hybridized carbons (Fsp3) is 0.227. The second-order valence-corrected chi connectivity index (χ2v) is 14.5. The minimum atomic E-state index is -0.124. The van der Waals surface area contributed by atoms with Gasteiger partial charge in [0.25, 0.3) is 0 Å². The molecule has 0 saturated carbocycles. The van der Waals surface area contributed by atoms with E-state index in [9.17, 15) is 0 Å². The molecule has 1 radical (unpaired) electrons. The van der Waals surface area contributed by atoms with Crippen molar-refractivity contribution in [2.45, 2.75) is 65.2 Å². The summed E-state index contributed by atoms with van der Waals surface area (Å²) in [6, 6.07) is 38.2. The molecule has 47 heavy (non-hydrogen) atoms. The Balaban J connectivity index is 0.00000167. The summed E-state index contributed by atoms with van der Waals surface area (Å²) in [6.07, 6.45) is 8.76. The van der Waals surface area contributed by atoms with Crippen molar-refractivity contribution >= 4 is 17.7 Å². The first-order valence-electron chi connectivity index (χ1n) is 15.9. The second kappa shape index (κ2) is 13.9. The van der Waals surface area contributed by atoms with E-state index in [4.69, 9.17) is 0 Å². The van der Waals surface area contributed by atoms with Gasteiger partial charge >= 0.3 is 26.2 Å². The van der Waals surface area contributed by atoms with Crippen molar-refractivity contribution in [2.24, 2.45) is 0 Å². The Hall–Kier alpha value is -2.96. The number of benzene rings is 5. The molecule has 0 bridgehead atoms. The smallest absolute Gasteiger partial charge is 1.00 e. The molecule has 0 saturated heterocycles. The zero-order chi connectivity index (χ0) is 30.8. The quantitative estimate of drug-likeness (QED) is 0.244. The zero-order valence-electron chi connectivity index (χ0n) is 28.3. The van der Waals surface area contributed by atoms with Gasteiger partial charge in [0, 0.05) is 5.92 Å². The molecule has 1 unspecified atom stereocenters. The Morgan fingerprint density at radius 1 is 0.638 bits per heavy atom. The van der Waals surface area contributed by atoms with Crippen LogP contribution in [0.2, 0.25) is 0 Å². The number of halogens is 2. The molecule has 0 amide bonds. The standard InChI is InChI=1S/C44H41.2ClH.Zr/c1-28-15-14-20-31-21-23-35(39(28)31)41-37-26-32-25-33(43(2,3)4)22-24-34(32)36(37)27-38(42(41)44(5,6)7)40(29-16-10-8-11-17-29)30-18-12-9-13-19-30;;;/h8-25,27,35H,1-7H3;2*1H;/q-1;;;+3/p-2. The Labute approximate surface area is 312 Å². The summed E-state index contributed by atoms with van der Waals surface area (Å²) in [7, 11) is 0. The first kappa shape index (κ1) is 36.9. The molecular weight excluding hydrogens is 691 g/mol. The third kappa shape index (κ3) is 6.57. The van der Waals surface area contributed by atoms with E-state index < -0.39 is 0 Å². The van der Waals surface area contributed by atoms with E-state index >= 15 is 0 Å². The van der Waals surface area contributed by atoms with E-state index in [0.717, 1.165) is 0 Å². The van der Waals surface area contributed by atoms with Crippen LogP contribution in [-0.4, -0.2) is 0 Å². The molecule has 2 aliphatic carbocycles. The van der Waals surface area contributed by atoms with E-state index in [-0.39, 0.29) is 67.8 Å². The van der Waals surface area contributed by atoms with E-state index in [1.165, 1.54) is 77.2 Å². The molecule has 7 rings (SSSR count). The van der Waals surface area contributed by atoms with Crippen molar-refractivity contribution in [1.29, 1.82) is 0 Å². The van der Waals surface area contributed by atoms with E-state index in [2.05, 4.69) is 170 Å². The minimum Gasteiger partial charge on any atom is -1.00 e. The monoisotopic (exact) mass is 729 g/mol. The van der Waals surface area contributed by atoms with E-state index in [0.29, 0.717) is 0 Å². The molecule has 3 heteroatoms. The molecule has 2 aliphatic rings. The van der Waals surface area contributed by atoms with Crippen LogP contribution in [0.3, 0.4) is 0 Å². The van der Waals surface area contributed by atoms with Crippen LogP contribution in [0.1, 0.15) is 97.5 Å². The van der Waals surface area contributed by atoms with Crippen LogP contribution in [0.4, 0.5) is 0 Å². The predicted molar refractivity (Wildman–Crippen MR) is 188 cm³/mol. The normalized spacial score (nSPS) is 14.1. The van der Waals surface area contributed by atoms with Gasteiger partial charge in [0.15, 0.2) is 0 Å². The third-order valence-corrected chi connectivity index (χ3v) is 9.39. The molecule has 5 aromatic rings. The van der Waals surface area contributed by atoms with Gasteiger partial charge in [-0.3, -0.25) is 0 Å². The number of fused-ring (bicyclic) bond motifs is 4. The van der Waals surface area contributed by atoms with Gasteiger partial charge in [-0.05, 0) is 56.4 Å². The van der Waals surface area contributed by atoms with Crippen molar-refractivity contribution in [1.82, 2.24) is 0 Å². The molecule has 0 aliphatic heterocycles. The van der Waals surface area contributed by atoms with Crippen molar-refractivity contribution in [2.75, 3.05) is 0 Å². The summed E-state index contributed by atoms with van der Waals surface area (Å²) in [5.41, 5.74) is 15.7. The molecule has 1 atom stereocenters. The molecule has 0 aromatic heterocycles. The maximum atomic E-state index is 4.00. The van der Waals surface area contributed by atoms with Crippen molar-refractivity contribution in [3.8, 4) is 11.1 Å². The van der Waals surface area contributed by atoms with Crippen molar-refractivity contribution in [3.05, 3.63) is 170 Å². The van der Waals surface area contributed by atoms with Crippen LogP contribution in [0.25, 0.3) is 28.9 Å².